The summed E-state index contributed by atoms with van der Waals surface area (Å²) in [5.41, 5.74) is 0.453. The molecule has 2 heterocycles. The van der Waals surface area contributed by atoms with Crippen molar-refractivity contribution < 1.29 is 18.0 Å². The fourth-order valence-electron chi connectivity index (χ4n) is 4.36. The molecule has 3 aromatic rings. The molecule has 1 fully saturated rings. The van der Waals surface area contributed by atoms with Gasteiger partial charge in [-0.1, -0.05) is 29.3 Å². The minimum Gasteiger partial charge on any atom is -0.370 e. The first-order valence-electron chi connectivity index (χ1n) is 10.7. The molecule has 9 heteroatoms. The van der Waals surface area contributed by atoms with E-state index in [-0.39, 0.29) is 47.6 Å². The number of alkyl halides is 3. The number of nitrogens with one attached hydrogen (secondary N) is 1. The van der Waals surface area contributed by atoms with Crippen LogP contribution in [0.5, 0.6) is 0 Å². The molecule has 2 aromatic carbocycles. The van der Waals surface area contributed by atoms with E-state index in [0.717, 1.165) is 5.69 Å². The first kappa shape index (κ1) is 24.4. The van der Waals surface area contributed by atoms with Crippen LogP contribution >= 0.6 is 23.2 Å². The van der Waals surface area contributed by atoms with Crippen molar-refractivity contribution in [1.29, 1.82) is 0 Å². The molecule has 4 rings (SSSR count). The third-order valence-corrected chi connectivity index (χ3v) is 6.64. The summed E-state index contributed by atoms with van der Waals surface area (Å²) >= 11 is 12.0. The third kappa shape index (κ3) is 4.86. The molecule has 1 aromatic heterocycles. The Balaban J connectivity index is 1.55. The van der Waals surface area contributed by atoms with Gasteiger partial charge in [0, 0.05) is 40.6 Å². The Morgan fingerprint density at radius 3 is 2.47 bits per heavy atom. The smallest absolute Gasteiger partial charge is 0.370 e. The van der Waals surface area contributed by atoms with E-state index in [4.69, 9.17) is 23.2 Å². The second-order valence-corrected chi connectivity index (χ2v) is 9.29. The molecule has 1 amide bonds. The number of anilines is 1. The van der Waals surface area contributed by atoms with Crippen molar-refractivity contribution in [1.82, 2.24) is 10.3 Å². The van der Waals surface area contributed by atoms with Crippen LogP contribution in [-0.2, 0) is 12.0 Å². The molecule has 0 spiro atoms. The molecule has 1 aliphatic heterocycles. The fraction of sp³-hybridized carbons (Fsp3) is 0.280. The highest BCUT2D eigenvalue weighted by Crippen LogP contribution is 2.49. The molecule has 0 radical (unpaired) electrons. The lowest BCUT2D eigenvalue weighted by atomic mass is 9.79. The average molecular weight is 508 g/mol. The molecule has 0 saturated carbocycles. The molecule has 1 N–H and O–H groups in total. The zero-order valence-electron chi connectivity index (χ0n) is 18.3. The molecule has 178 valence electrons. The summed E-state index contributed by atoms with van der Waals surface area (Å²) in [5, 5.41) is 3.16. The summed E-state index contributed by atoms with van der Waals surface area (Å²) < 4.78 is 43.1. The van der Waals surface area contributed by atoms with Gasteiger partial charge in [0.1, 0.15) is 5.41 Å². The summed E-state index contributed by atoms with van der Waals surface area (Å²) in [6, 6.07) is 14.6. The van der Waals surface area contributed by atoms with Gasteiger partial charge in [0.05, 0.1) is 12.2 Å². The lowest BCUT2D eigenvalue weighted by Crippen LogP contribution is -2.44. The number of aromatic nitrogens is 1. The van der Waals surface area contributed by atoms with E-state index in [2.05, 4.69) is 10.3 Å². The van der Waals surface area contributed by atoms with Gasteiger partial charge in [0.15, 0.2) is 0 Å². The van der Waals surface area contributed by atoms with Crippen LogP contribution in [0.3, 0.4) is 0 Å². The van der Waals surface area contributed by atoms with E-state index in [1.54, 1.807) is 42.3 Å². The number of nitrogens with zero attached hydrogens (tertiary/aromatic N) is 2. The number of amides is 1. The van der Waals surface area contributed by atoms with Gasteiger partial charge in [0.2, 0.25) is 0 Å². The predicted octanol–water partition coefficient (Wildman–Crippen LogP) is 6.34. The number of benzene rings is 2. The van der Waals surface area contributed by atoms with Gasteiger partial charge >= 0.3 is 6.18 Å². The van der Waals surface area contributed by atoms with Gasteiger partial charge in [0.25, 0.3) is 5.91 Å². The second-order valence-electron chi connectivity index (χ2n) is 8.41. The molecule has 4 nitrogen and oxygen atoms in total. The number of hydrogen-bond acceptors (Lipinski definition) is 3. The van der Waals surface area contributed by atoms with Crippen LogP contribution < -0.4 is 10.2 Å². The highest BCUT2D eigenvalue weighted by atomic mass is 35.5. The van der Waals surface area contributed by atoms with Gasteiger partial charge in [-0.05, 0) is 73.0 Å². The summed E-state index contributed by atoms with van der Waals surface area (Å²) in [6.45, 7) is 1.98. The van der Waals surface area contributed by atoms with Crippen molar-refractivity contribution in [2.24, 2.45) is 0 Å². The van der Waals surface area contributed by atoms with Crippen LogP contribution in [0.2, 0.25) is 10.0 Å². The Hall–Kier alpha value is -2.77. The van der Waals surface area contributed by atoms with Crippen molar-refractivity contribution in [2.45, 2.75) is 31.5 Å². The fourth-order valence-corrected chi connectivity index (χ4v) is 4.89. The topological polar surface area (TPSA) is 45.2 Å². The largest absolute Gasteiger partial charge is 0.400 e. The van der Waals surface area contributed by atoms with Crippen molar-refractivity contribution in [3.8, 4) is 0 Å². The SMILES string of the molecule is Cc1cc(N2CCC(c3cc(Cl)cc(Cl)c3)(C(F)(F)F)C2)ccc1C(=O)NCc1ccccn1. The molecule has 1 atom stereocenters. The number of aryl methyl sites for hydroxylation is 1. The Labute approximate surface area is 205 Å². The lowest BCUT2D eigenvalue weighted by Gasteiger charge is -2.33. The normalized spacial score (nSPS) is 18.2. The van der Waals surface area contributed by atoms with Crippen LogP contribution in [0.4, 0.5) is 18.9 Å². The lowest BCUT2D eigenvalue weighted by molar-refractivity contribution is -0.184. The Kier molecular flexibility index (Phi) is 6.78. The summed E-state index contributed by atoms with van der Waals surface area (Å²) in [7, 11) is 0. The predicted molar refractivity (Wildman–Crippen MR) is 128 cm³/mol. The Bertz CT molecular complexity index is 1180. The number of pyridine rings is 1. The maximum Gasteiger partial charge on any atom is 0.400 e. The van der Waals surface area contributed by atoms with Crippen LogP contribution in [-0.4, -0.2) is 30.2 Å². The summed E-state index contributed by atoms with van der Waals surface area (Å²) in [4.78, 5) is 18.5. The van der Waals surface area contributed by atoms with Crippen LogP contribution in [0.15, 0.2) is 60.8 Å². The molecular formula is C25H22Cl2F3N3O. The van der Waals surface area contributed by atoms with Gasteiger partial charge in [-0.25, -0.2) is 0 Å². The number of hydrogen-bond donors (Lipinski definition) is 1. The van der Waals surface area contributed by atoms with Gasteiger partial charge < -0.3 is 10.2 Å². The Morgan fingerprint density at radius 1 is 1.12 bits per heavy atom. The van der Waals surface area contributed by atoms with Crippen molar-refractivity contribution in [2.75, 3.05) is 18.0 Å². The minimum atomic E-state index is -4.49. The molecular weight excluding hydrogens is 486 g/mol. The molecule has 34 heavy (non-hydrogen) atoms. The summed E-state index contributed by atoms with van der Waals surface area (Å²) in [6.07, 6.45) is -2.97. The van der Waals surface area contributed by atoms with Gasteiger partial charge in [-0.2, -0.15) is 13.2 Å². The zero-order valence-corrected chi connectivity index (χ0v) is 19.8. The number of halogens is 5. The zero-order chi connectivity index (χ0) is 24.5. The molecule has 1 unspecified atom stereocenters. The monoisotopic (exact) mass is 507 g/mol. The van der Waals surface area contributed by atoms with E-state index < -0.39 is 11.6 Å². The van der Waals surface area contributed by atoms with Crippen LogP contribution in [0.1, 0.15) is 33.6 Å². The highest BCUT2D eigenvalue weighted by molar-refractivity contribution is 6.34. The van der Waals surface area contributed by atoms with E-state index in [1.165, 1.54) is 18.2 Å². The van der Waals surface area contributed by atoms with Gasteiger partial charge in [-0.3, -0.25) is 9.78 Å². The minimum absolute atomic E-state index is 0.0576. The first-order chi connectivity index (χ1) is 16.1. The van der Waals surface area contributed by atoms with E-state index >= 15 is 0 Å². The highest BCUT2D eigenvalue weighted by Gasteiger charge is 2.59. The van der Waals surface area contributed by atoms with Crippen molar-refractivity contribution >= 4 is 34.8 Å². The van der Waals surface area contributed by atoms with E-state index in [9.17, 15) is 18.0 Å². The summed E-state index contributed by atoms with van der Waals surface area (Å²) in [5.74, 6) is -0.269. The van der Waals surface area contributed by atoms with E-state index in [1.807, 2.05) is 12.1 Å². The quantitative estimate of drug-likeness (QED) is 0.438. The van der Waals surface area contributed by atoms with Crippen molar-refractivity contribution in [3.05, 3.63) is 93.2 Å². The molecule has 1 saturated heterocycles. The molecule has 1 aliphatic rings. The van der Waals surface area contributed by atoms with Crippen LogP contribution in [0, 0.1) is 6.92 Å². The van der Waals surface area contributed by atoms with E-state index in [0.29, 0.717) is 16.8 Å². The van der Waals surface area contributed by atoms with Crippen LogP contribution in [0.25, 0.3) is 0 Å². The molecule has 0 aliphatic carbocycles. The first-order valence-corrected chi connectivity index (χ1v) is 11.4. The van der Waals surface area contributed by atoms with Crippen molar-refractivity contribution in [3.63, 3.8) is 0 Å². The van der Waals surface area contributed by atoms with Gasteiger partial charge in [-0.15, -0.1) is 0 Å². The Morgan fingerprint density at radius 2 is 1.85 bits per heavy atom. The number of carbonyl (C=O) groups excluding carboxylic acids is 1. The second kappa shape index (κ2) is 9.47. The maximum absolute atomic E-state index is 14.4. The number of carbonyl (C=O) groups is 1. The molecule has 0 bridgehead atoms. The average Bonchev–Trinajstić information content (AvgIpc) is 3.25. The maximum atomic E-state index is 14.4. The number of rotatable bonds is 5. The third-order valence-electron chi connectivity index (χ3n) is 6.20. The standard InChI is InChI=1S/C25H22Cl2F3N3O/c1-16-10-21(5-6-22(16)23(34)32-14-20-4-2-3-8-31-20)33-9-7-24(15-33,25(28,29)30)17-11-18(26)13-19(27)12-17/h2-6,8,10-13H,7,9,14-15H2,1H3,(H,32,34).